The SMILES string of the molecule is CCC(OC)c1noc(C2(CN)CCCCCC2)n1. The molecule has 1 aromatic rings. The Labute approximate surface area is 114 Å². The van der Waals surface area contributed by atoms with E-state index in [1.54, 1.807) is 7.11 Å². The van der Waals surface area contributed by atoms with Crippen molar-refractivity contribution in [3.63, 3.8) is 0 Å². The number of rotatable bonds is 5. The van der Waals surface area contributed by atoms with Crippen molar-refractivity contribution in [2.45, 2.75) is 63.4 Å². The van der Waals surface area contributed by atoms with Crippen LogP contribution in [0.5, 0.6) is 0 Å². The number of hydrogen-bond donors (Lipinski definition) is 1. The second-order valence-corrected chi connectivity index (χ2v) is 5.49. The van der Waals surface area contributed by atoms with E-state index in [0.717, 1.165) is 19.3 Å². The van der Waals surface area contributed by atoms with Crippen LogP contribution in [0.3, 0.4) is 0 Å². The lowest BCUT2D eigenvalue weighted by molar-refractivity contribution is 0.0903. The number of ether oxygens (including phenoxy) is 1. The number of hydrogen-bond acceptors (Lipinski definition) is 5. The monoisotopic (exact) mass is 267 g/mol. The molecule has 5 heteroatoms. The molecule has 0 aromatic carbocycles. The maximum absolute atomic E-state index is 6.03. The van der Waals surface area contributed by atoms with E-state index in [4.69, 9.17) is 15.0 Å². The molecule has 1 atom stereocenters. The topological polar surface area (TPSA) is 74.2 Å². The first-order valence-electron chi connectivity index (χ1n) is 7.32. The molecule has 0 saturated heterocycles. The molecule has 1 unspecified atom stereocenters. The van der Waals surface area contributed by atoms with Gasteiger partial charge in [0.15, 0.2) is 0 Å². The summed E-state index contributed by atoms with van der Waals surface area (Å²) in [4.78, 5) is 4.58. The van der Waals surface area contributed by atoms with Crippen LogP contribution in [0.2, 0.25) is 0 Å². The van der Waals surface area contributed by atoms with Gasteiger partial charge < -0.3 is 15.0 Å². The molecule has 1 aliphatic rings. The molecule has 1 saturated carbocycles. The zero-order valence-corrected chi connectivity index (χ0v) is 12.0. The van der Waals surface area contributed by atoms with Gasteiger partial charge in [0.25, 0.3) is 0 Å². The van der Waals surface area contributed by atoms with Crippen LogP contribution >= 0.6 is 0 Å². The summed E-state index contributed by atoms with van der Waals surface area (Å²) in [5.74, 6) is 1.36. The van der Waals surface area contributed by atoms with Crippen LogP contribution in [0.4, 0.5) is 0 Å². The summed E-state index contributed by atoms with van der Waals surface area (Å²) < 4.78 is 10.9. The van der Waals surface area contributed by atoms with Crippen LogP contribution < -0.4 is 5.73 Å². The van der Waals surface area contributed by atoms with Crippen molar-refractivity contribution in [3.8, 4) is 0 Å². The standard InChI is InChI=1S/C14H25N3O2/c1-3-11(18-2)12-16-13(19-17-12)14(10-15)8-6-4-5-7-9-14/h11H,3-10,15H2,1-2H3. The van der Waals surface area contributed by atoms with Gasteiger partial charge in [0.05, 0.1) is 5.41 Å². The molecule has 19 heavy (non-hydrogen) atoms. The van der Waals surface area contributed by atoms with E-state index in [9.17, 15) is 0 Å². The van der Waals surface area contributed by atoms with Gasteiger partial charge in [0.2, 0.25) is 11.7 Å². The minimum Gasteiger partial charge on any atom is -0.373 e. The maximum Gasteiger partial charge on any atom is 0.234 e. The maximum atomic E-state index is 6.03. The van der Waals surface area contributed by atoms with Crippen molar-refractivity contribution >= 4 is 0 Å². The Morgan fingerprint density at radius 1 is 1.32 bits per heavy atom. The zero-order valence-electron chi connectivity index (χ0n) is 12.0. The van der Waals surface area contributed by atoms with Crippen molar-refractivity contribution in [1.29, 1.82) is 0 Å². The molecule has 2 rings (SSSR count). The van der Waals surface area contributed by atoms with Crippen molar-refractivity contribution < 1.29 is 9.26 Å². The highest BCUT2D eigenvalue weighted by molar-refractivity contribution is 5.08. The fourth-order valence-electron chi connectivity index (χ4n) is 2.95. The first-order valence-corrected chi connectivity index (χ1v) is 7.32. The van der Waals surface area contributed by atoms with Crippen molar-refractivity contribution in [3.05, 3.63) is 11.7 Å². The lowest BCUT2D eigenvalue weighted by atomic mass is 9.80. The molecule has 2 N–H and O–H groups in total. The summed E-state index contributed by atoms with van der Waals surface area (Å²) in [5, 5.41) is 4.09. The van der Waals surface area contributed by atoms with Crippen LogP contribution in [0.1, 0.15) is 69.7 Å². The van der Waals surface area contributed by atoms with Crippen LogP contribution in [0.15, 0.2) is 4.52 Å². The number of nitrogens with two attached hydrogens (primary N) is 1. The Hall–Kier alpha value is -0.940. The average Bonchev–Trinajstić information content (AvgIpc) is 2.80. The molecule has 0 bridgehead atoms. The Bertz CT molecular complexity index is 380. The van der Waals surface area contributed by atoms with Gasteiger partial charge in [-0.2, -0.15) is 4.98 Å². The molecule has 108 valence electrons. The third-order valence-corrected chi connectivity index (χ3v) is 4.29. The fourth-order valence-corrected chi connectivity index (χ4v) is 2.95. The molecule has 0 spiro atoms. The van der Waals surface area contributed by atoms with E-state index < -0.39 is 0 Å². The van der Waals surface area contributed by atoms with Gasteiger partial charge in [-0.15, -0.1) is 0 Å². The van der Waals surface area contributed by atoms with Crippen molar-refractivity contribution in [2.24, 2.45) is 5.73 Å². The van der Waals surface area contributed by atoms with Gasteiger partial charge in [0.1, 0.15) is 6.10 Å². The number of aromatic nitrogens is 2. The molecule has 0 amide bonds. The van der Waals surface area contributed by atoms with E-state index in [2.05, 4.69) is 17.1 Å². The second kappa shape index (κ2) is 6.48. The van der Waals surface area contributed by atoms with E-state index in [-0.39, 0.29) is 11.5 Å². The Morgan fingerprint density at radius 3 is 2.53 bits per heavy atom. The minimum absolute atomic E-state index is 0.0851. The van der Waals surface area contributed by atoms with E-state index >= 15 is 0 Å². The zero-order chi connectivity index (χ0) is 13.7. The molecule has 1 fully saturated rings. The lowest BCUT2D eigenvalue weighted by Gasteiger charge is -2.26. The quantitative estimate of drug-likeness (QED) is 0.830. The highest BCUT2D eigenvalue weighted by Crippen LogP contribution is 2.37. The highest BCUT2D eigenvalue weighted by Gasteiger charge is 2.37. The van der Waals surface area contributed by atoms with Crippen LogP contribution in [-0.2, 0) is 10.2 Å². The van der Waals surface area contributed by atoms with Crippen LogP contribution in [0.25, 0.3) is 0 Å². The van der Waals surface area contributed by atoms with Gasteiger partial charge >= 0.3 is 0 Å². The molecule has 0 radical (unpaired) electrons. The average molecular weight is 267 g/mol. The third kappa shape index (κ3) is 2.98. The highest BCUT2D eigenvalue weighted by atomic mass is 16.5. The predicted octanol–water partition coefficient (Wildman–Crippen LogP) is 2.72. The van der Waals surface area contributed by atoms with E-state index in [1.807, 2.05) is 0 Å². The summed E-state index contributed by atoms with van der Waals surface area (Å²) in [7, 11) is 1.68. The Morgan fingerprint density at radius 2 is 2.00 bits per heavy atom. The largest absolute Gasteiger partial charge is 0.373 e. The summed E-state index contributed by atoms with van der Waals surface area (Å²) in [6.45, 7) is 2.63. The molecule has 5 nitrogen and oxygen atoms in total. The second-order valence-electron chi connectivity index (χ2n) is 5.49. The van der Waals surface area contributed by atoms with Gasteiger partial charge in [-0.05, 0) is 19.3 Å². The predicted molar refractivity (Wildman–Crippen MR) is 72.8 cm³/mol. The van der Waals surface area contributed by atoms with E-state index in [0.29, 0.717) is 18.3 Å². The van der Waals surface area contributed by atoms with Crippen molar-refractivity contribution in [1.82, 2.24) is 10.1 Å². The summed E-state index contributed by atoms with van der Waals surface area (Å²) >= 11 is 0. The van der Waals surface area contributed by atoms with Gasteiger partial charge in [0, 0.05) is 13.7 Å². The Kier molecular flexibility index (Phi) is 4.93. The Balaban J connectivity index is 2.23. The summed E-state index contributed by atoms with van der Waals surface area (Å²) in [6, 6.07) is 0. The molecular weight excluding hydrogens is 242 g/mol. The minimum atomic E-state index is -0.117. The normalized spacial score (nSPS) is 21.0. The van der Waals surface area contributed by atoms with Gasteiger partial charge in [-0.3, -0.25) is 0 Å². The number of methoxy groups -OCH3 is 1. The third-order valence-electron chi connectivity index (χ3n) is 4.29. The van der Waals surface area contributed by atoms with Crippen LogP contribution in [-0.4, -0.2) is 23.8 Å². The van der Waals surface area contributed by atoms with Gasteiger partial charge in [-0.25, -0.2) is 0 Å². The number of nitrogens with zero attached hydrogens (tertiary/aromatic N) is 2. The lowest BCUT2D eigenvalue weighted by Crippen LogP contribution is -2.35. The first-order chi connectivity index (χ1) is 9.25. The summed E-state index contributed by atoms with van der Waals surface area (Å²) in [5.41, 5.74) is 5.91. The summed E-state index contributed by atoms with van der Waals surface area (Å²) in [6.07, 6.45) is 7.79. The fraction of sp³-hybridized carbons (Fsp3) is 0.857. The van der Waals surface area contributed by atoms with E-state index in [1.165, 1.54) is 25.7 Å². The molecule has 1 aromatic heterocycles. The molecule has 1 heterocycles. The first kappa shape index (κ1) is 14.5. The molecule has 1 aliphatic carbocycles. The van der Waals surface area contributed by atoms with Crippen LogP contribution in [0, 0.1) is 0 Å². The van der Waals surface area contributed by atoms with Crippen molar-refractivity contribution in [2.75, 3.05) is 13.7 Å². The van der Waals surface area contributed by atoms with Gasteiger partial charge in [-0.1, -0.05) is 37.8 Å². The smallest absolute Gasteiger partial charge is 0.234 e. The molecular formula is C14H25N3O2. The molecule has 0 aliphatic heterocycles.